The largest absolute Gasteiger partial charge is 0.310 e. The molecule has 0 aromatic carbocycles. The van der Waals surface area contributed by atoms with Crippen molar-refractivity contribution in [2.45, 2.75) is 77.4 Å². The molecule has 1 saturated carbocycles. The van der Waals surface area contributed by atoms with Crippen LogP contribution in [0.1, 0.15) is 59.3 Å². The summed E-state index contributed by atoms with van der Waals surface area (Å²) in [4.78, 5) is 2.61. The third-order valence-electron chi connectivity index (χ3n) is 4.76. The second-order valence-corrected chi connectivity index (χ2v) is 6.46. The van der Waals surface area contributed by atoms with Crippen molar-refractivity contribution in [3.8, 4) is 0 Å². The number of hydrogen-bond donors (Lipinski definition) is 1. The molecule has 0 aromatic rings. The standard InChI is InChI=1S/C15H30N2/c1-12(2)17-10-9-14(11-17)16-15-8-6-4-5-7-13(15)3/h12-16H,4-11H2,1-3H3. The molecule has 0 spiro atoms. The second kappa shape index (κ2) is 6.19. The average molecular weight is 238 g/mol. The molecule has 0 aromatic heterocycles. The first-order valence-corrected chi connectivity index (χ1v) is 7.67. The van der Waals surface area contributed by atoms with Crippen LogP contribution in [0.2, 0.25) is 0 Å². The maximum atomic E-state index is 3.95. The quantitative estimate of drug-likeness (QED) is 0.760. The lowest BCUT2D eigenvalue weighted by Gasteiger charge is -2.27. The molecule has 0 amide bonds. The van der Waals surface area contributed by atoms with Gasteiger partial charge in [-0.05, 0) is 45.6 Å². The van der Waals surface area contributed by atoms with Crippen molar-refractivity contribution in [3.05, 3.63) is 0 Å². The van der Waals surface area contributed by atoms with Crippen LogP contribution in [0, 0.1) is 5.92 Å². The maximum Gasteiger partial charge on any atom is 0.0210 e. The van der Waals surface area contributed by atoms with E-state index in [-0.39, 0.29) is 0 Å². The van der Waals surface area contributed by atoms with Crippen molar-refractivity contribution >= 4 is 0 Å². The van der Waals surface area contributed by atoms with Crippen molar-refractivity contribution in [2.24, 2.45) is 5.92 Å². The monoisotopic (exact) mass is 238 g/mol. The topological polar surface area (TPSA) is 15.3 Å². The highest BCUT2D eigenvalue weighted by molar-refractivity contribution is 4.87. The molecule has 17 heavy (non-hydrogen) atoms. The van der Waals surface area contributed by atoms with Gasteiger partial charge in [0.25, 0.3) is 0 Å². The minimum atomic E-state index is 0.716. The zero-order valence-corrected chi connectivity index (χ0v) is 11.9. The molecule has 2 aliphatic rings. The van der Waals surface area contributed by atoms with Crippen LogP contribution in [0.15, 0.2) is 0 Å². The van der Waals surface area contributed by atoms with Crippen molar-refractivity contribution in [3.63, 3.8) is 0 Å². The van der Waals surface area contributed by atoms with Gasteiger partial charge in [-0.3, -0.25) is 4.90 Å². The van der Waals surface area contributed by atoms with Crippen molar-refractivity contribution < 1.29 is 0 Å². The third kappa shape index (κ3) is 3.69. The highest BCUT2D eigenvalue weighted by Gasteiger charge is 2.28. The fourth-order valence-electron chi connectivity index (χ4n) is 3.44. The molecule has 2 rings (SSSR count). The van der Waals surface area contributed by atoms with E-state index >= 15 is 0 Å². The molecular weight excluding hydrogens is 208 g/mol. The molecule has 1 aliphatic carbocycles. The Morgan fingerprint density at radius 2 is 1.82 bits per heavy atom. The van der Waals surface area contributed by atoms with Gasteiger partial charge in [0.15, 0.2) is 0 Å². The molecule has 2 nitrogen and oxygen atoms in total. The summed E-state index contributed by atoms with van der Waals surface area (Å²) in [6.45, 7) is 9.63. The summed E-state index contributed by atoms with van der Waals surface area (Å²) in [5.74, 6) is 0.880. The Labute approximate surface area is 107 Å². The van der Waals surface area contributed by atoms with E-state index in [2.05, 4.69) is 31.0 Å². The van der Waals surface area contributed by atoms with Gasteiger partial charge in [0.2, 0.25) is 0 Å². The van der Waals surface area contributed by atoms with E-state index in [9.17, 15) is 0 Å². The normalized spacial score (nSPS) is 36.4. The van der Waals surface area contributed by atoms with Gasteiger partial charge in [0.1, 0.15) is 0 Å². The Morgan fingerprint density at radius 1 is 1.06 bits per heavy atom. The lowest BCUT2D eigenvalue weighted by Crippen LogP contribution is -2.43. The van der Waals surface area contributed by atoms with Crippen LogP contribution in [0.25, 0.3) is 0 Å². The fourth-order valence-corrected chi connectivity index (χ4v) is 3.44. The lowest BCUT2D eigenvalue weighted by molar-refractivity contribution is 0.257. The molecule has 2 fully saturated rings. The summed E-state index contributed by atoms with van der Waals surface area (Å²) in [5.41, 5.74) is 0. The molecule has 100 valence electrons. The Kier molecular flexibility index (Phi) is 4.87. The summed E-state index contributed by atoms with van der Waals surface area (Å²) in [5, 5.41) is 3.95. The van der Waals surface area contributed by atoms with Crippen LogP contribution in [0.4, 0.5) is 0 Å². The predicted molar refractivity (Wildman–Crippen MR) is 74.3 cm³/mol. The molecule has 1 saturated heterocycles. The molecule has 1 aliphatic heterocycles. The number of hydrogen-bond acceptors (Lipinski definition) is 2. The van der Waals surface area contributed by atoms with Crippen molar-refractivity contribution in [1.29, 1.82) is 0 Å². The van der Waals surface area contributed by atoms with E-state index in [0.717, 1.165) is 18.0 Å². The highest BCUT2D eigenvalue weighted by Crippen LogP contribution is 2.24. The lowest BCUT2D eigenvalue weighted by atomic mass is 9.96. The van der Waals surface area contributed by atoms with Crippen LogP contribution >= 0.6 is 0 Å². The first-order valence-electron chi connectivity index (χ1n) is 7.67. The Hall–Kier alpha value is -0.0800. The van der Waals surface area contributed by atoms with Crippen molar-refractivity contribution in [2.75, 3.05) is 13.1 Å². The molecule has 3 atom stereocenters. The summed E-state index contributed by atoms with van der Waals surface area (Å²) in [7, 11) is 0. The third-order valence-corrected chi connectivity index (χ3v) is 4.76. The molecule has 0 radical (unpaired) electrons. The molecule has 2 heteroatoms. The zero-order valence-electron chi connectivity index (χ0n) is 11.9. The number of rotatable bonds is 3. The van der Waals surface area contributed by atoms with E-state index in [1.54, 1.807) is 0 Å². The van der Waals surface area contributed by atoms with E-state index in [1.165, 1.54) is 51.6 Å². The van der Waals surface area contributed by atoms with Crippen LogP contribution in [0.5, 0.6) is 0 Å². The van der Waals surface area contributed by atoms with Gasteiger partial charge in [0, 0.05) is 24.7 Å². The van der Waals surface area contributed by atoms with E-state index in [1.807, 2.05) is 0 Å². The zero-order chi connectivity index (χ0) is 12.3. The summed E-state index contributed by atoms with van der Waals surface area (Å²) in [6, 6.07) is 2.26. The highest BCUT2D eigenvalue weighted by atomic mass is 15.2. The van der Waals surface area contributed by atoms with Gasteiger partial charge in [-0.2, -0.15) is 0 Å². The number of nitrogens with zero attached hydrogens (tertiary/aromatic N) is 1. The maximum absolute atomic E-state index is 3.95. The van der Waals surface area contributed by atoms with Gasteiger partial charge in [-0.1, -0.05) is 26.2 Å². The van der Waals surface area contributed by atoms with Gasteiger partial charge in [0.05, 0.1) is 0 Å². The molecular formula is C15H30N2. The van der Waals surface area contributed by atoms with Crippen LogP contribution in [-0.2, 0) is 0 Å². The smallest absolute Gasteiger partial charge is 0.0210 e. The van der Waals surface area contributed by atoms with E-state index in [4.69, 9.17) is 0 Å². The predicted octanol–water partition coefficient (Wildman–Crippen LogP) is 3.03. The molecule has 0 bridgehead atoms. The Balaban J connectivity index is 1.80. The number of nitrogens with one attached hydrogen (secondary N) is 1. The first kappa shape index (κ1) is 13.4. The van der Waals surface area contributed by atoms with Gasteiger partial charge >= 0.3 is 0 Å². The Bertz CT molecular complexity index is 227. The summed E-state index contributed by atoms with van der Waals surface area (Å²) in [6.07, 6.45) is 8.51. The van der Waals surface area contributed by atoms with E-state index in [0.29, 0.717) is 6.04 Å². The van der Waals surface area contributed by atoms with E-state index < -0.39 is 0 Å². The Morgan fingerprint density at radius 3 is 2.53 bits per heavy atom. The second-order valence-electron chi connectivity index (χ2n) is 6.46. The minimum absolute atomic E-state index is 0.716. The van der Waals surface area contributed by atoms with Crippen LogP contribution in [-0.4, -0.2) is 36.1 Å². The SMILES string of the molecule is CC1CCCCCC1NC1CCN(C(C)C)C1. The average Bonchev–Trinajstić information content (AvgIpc) is 2.66. The van der Waals surface area contributed by atoms with Crippen LogP contribution in [0.3, 0.4) is 0 Å². The summed E-state index contributed by atoms with van der Waals surface area (Å²) >= 11 is 0. The first-order chi connectivity index (χ1) is 8.16. The summed E-state index contributed by atoms with van der Waals surface area (Å²) < 4.78 is 0. The molecule has 3 unspecified atom stereocenters. The molecule has 1 heterocycles. The number of likely N-dealkylation sites (tertiary alicyclic amines) is 1. The van der Waals surface area contributed by atoms with Gasteiger partial charge in [-0.15, -0.1) is 0 Å². The minimum Gasteiger partial charge on any atom is -0.310 e. The van der Waals surface area contributed by atoms with Crippen molar-refractivity contribution in [1.82, 2.24) is 10.2 Å². The van der Waals surface area contributed by atoms with Crippen LogP contribution < -0.4 is 5.32 Å². The van der Waals surface area contributed by atoms with Gasteiger partial charge in [-0.25, -0.2) is 0 Å². The fraction of sp³-hybridized carbons (Fsp3) is 1.00. The molecule has 1 N–H and O–H groups in total. The van der Waals surface area contributed by atoms with Gasteiger partial charge < -0.3 is 5.32 Å².